The average Bonchev–Trinajstić information content (AvgIpc) is 3.40. The summed E-state index contributed by atoms with van der Waals surface area (Å²) in [6.07, 6.45) is 0.181. The predicted molar refractivity (Wildman–Crippen MR) is 165 cm³/mol. The first kappa shape index (κ1) is 28.2. The van der Waals surface area contributed by atoms with Gasteiger partial charge in [-0.15, -0.1) is 0 Å². The lowest BCUT2D eigenvalue weighted by Gasteiger charge is -2.33. The molecule has 4 aromatic rings. The number of amides is 3. The zero-order valence-corrected chi connectivity index (χ0v) is 25.3. The van der Waals surface area contributed by atoms with Gasteiger partial charge in [0.2, 0.25) is 17.7 Å². The molecule has 0 aromatic heterocycles. The van der Waals surface area contributed by atoms with Crippen molar-refractivity contribution < 1.29 is 19.1 Å². The van der Waals surface area contributed by atoms with Gasteiger partial charge in [0.25, 0.3) is 0 Å². The zero-order valence-electron chi connectivity index (χ0n) is 22.9. The number of carbonyl (C=O) groups excluding carboxylic acids is 3. The van der Waals surface area contributed by atoms with Gasteiger partial charge in [-0.1, -0.05) is 82.1 Å². The van der Waals surface area contributed by atoms with Gasteiger partial charge in [0, 0.05) is 21.6 Å². The second-order valence-electron chi connectivity index (χ2n) is 10.7. The molecule has 6 nitrogen and oxygen atoms in total. The predicted octanol–water partition coefficient (Wildman–Crippen LogP) is 6.71. The van der Waals surface area contributed by atoms with Crippen molar-refractivity contribution in [3.8, 4) is 5.75 Å². The summed E-state index contributed by atoms with van der Waals surface area (Å²) in [6.45, 7) is 0.456. The topological polar surface area (TPSA) is 66.9 Å². The third-order valence-corrected chi connectivity index (χ3v) is 9.04. The highest BCUT2D eigenvalue weighted by atomic mass is 79.9. The minimum Gasteiger partial charge on any atom is -0.497 e. The number of rotatable bonds is 8. The van der Waals surface area contributed by atoms with Gasteiger partial charge < -0.3 is 9.64 Å². The number of fused-ring (bicyclic) bond motifs is 1. The maximum Gasteiger partial charge on any atom is 0.239 e. The molecular weight excluding hydrogens is 616 g/mol. The van der Waals surface area contributed by atoms with Gasteiger partial charge in [0.15, 0.2) is 0 Å². The van der Waals surface area contributed by atoms with Crippen LogP contribution in [0, 0.1) is 5.92 Å². The summed E-state index contributed by atoms with van der Waals surface area (Å²) >= 11 is 10.0. The van der Waals surface area contributed by atoms with Crippen molar-refractivity contribution in [2.45, 2.75) is 31.3 Å². The van der Waals surface area contributed by atoms with Crippen molar-refractivity contribution in [1.29, 1.82) is 0 Å². The van der Waals surface area contributed by atoms with Gasteiger partial charge in [0.1, 0.15) is 5.75 Å². The summed E-state index contributed by atoms with van der Waals surface area (Å²) < 4.78 is 6.15. The Morgan fingerprint density at radius 1 is 0.833 bits per heavy atom. The summed E-state index contributed by atoms with van der Waals surface area (Å²) in [6, 6.07) is 30.1. The molecule has 0 spiro atoms. The standard InChI is InChI=1S/C34H28BrClN2O4/c1-42-27-14-9-24(10-15-27)21-38-31(39)18-29(32(38)40)34(19-22-7-11-25(35)12-8-22)28-17-26(36)13-16-30(28)37(33(34)41)20-23-5-3-2-4-6-23/h2-17,29H,18-21H2,1H3/t29-,34+/m0/s1. The van der Waals surface area contributed by atoms with Crippen molar-refractivity contribution in [3.05, 3.63) is 129 Å². The number of nitrogens with zero attached hydrogens (tertiary/aromatic N) is 2. The van der Waals surface area contributed by atoms with E-state index in [-0.39, 0.29) is 37.1 Å². The molecule has 0 N–H and O–H groups in total. The van der Waals surface area contributed by atoms with E-state index in [9.17, 15) is 14.4 Å². The van der Waals surface area contributed by atoms with Crippen molar-refractivity contribution in [1.82, 2.24) is 4.90 Å². The molecule has 2 heterocycles. The number of likely N-dealkylation sites (tertiary alicyclic amines) is 1. The van der Waals surface area contributed by atoms with Gasteiger partial charge >= 0.3 is 0 Å². The van der Waals surface area contributed by atoms with Crippen LogP contribution in [0.25, 0.3) is 0 Å². The van der Waals surface area contributed by atoms with E-state index in [2.05, 4.69) is 15.9 Å². The van der Waals surface area contributed by atoms with Crippen molar-refractivity contribution >= 4 is 50.9 Å². The smallest absolute Gasteiger partial charge is 0.239 e. The average molecular weight is 644 g/mol. The molecule has 0 aliphatic carbocycles. The number of imide groups is 1. The summed E-state index contributed by atoms with van der Waals surface area (Å²) in [5.74, 6) is -1.06. The maximum atomic E-state index is 14.8. The highest BCUT2D eigenvalue weighted by Crippen LogP contribution is 2.52. The molecule has 2 aliphatic rings. The highest BCUT2D eigenvalue weighted by molar-refractivity contribution is 9.10. The van der Waals surface area contributed by atoms with Gasteiger partial charge in [-0.3, -0.25) is 19.3 Å². The molecule has 0 unspecified atom stereocenters. The van der Waals surface area contributed by atoms with Crippen LogP contribution in [0.4, 0.5) is 5.69 Å². The summed E-state index contributed by atoms with van der Waals surface area (Å²) in [7, 11) is 1.59. The largest absolute Gasteiger partial charge is 0.497 e. The molecule has 0 radical (unpaired) electrons. The molecule has 0 saturated carbocycles. The maximum absolute atomic E-state index is 14.8. The van der Waals surface area contributed by atoms with E-state index in [0.717, 1.165) is 21.2 Å². The number of halogens is 2. The van der Waals surface area contributed by atoms with Crippen LogP contribution in [0.2, 0.25) is 5.02 Å². The Labute approximate surface area is 258 Å². The van der Waals surface area contributed by atoms with E-state index in [1.807, 2.05) is 72.8 Å². The highest BCUT2D eigenvalue weighted by Gasteiger charge is 2.61. The first-order valence-corrected chi connectivity index (χ1v) is 14.8. The van der Waals surface area contributed by atoms with Crippen molar-refractivity contribution in [3.63, 3.8) is 0 Å². The normalized spacial score (nSPS) is 19.9. The van der Waals surface area contributed by atoms with E-state index < -0.39 is 11.3 Å². The molecule has 2 atom stereocenters. The second kappa shape index (κ2) is 11.4. The quantitative estimate of drug-likeness (QED) is 0.200. The number of carbonyl (C=O) groups is 3. The lowest BCUT2D eigenvalue weighted by atomic mass is 9.66. The molecule has 2 aliphatic heterocycles. The van der Waals surface area contributed by atoms with Crippen LogP contribution in [0.15, 0.2) is 102 Å². The van der Waals surface area contributed by atoms with E-state index in [1.54, 1.807) is 36.3 Å². The monoisotopic (exact) mass is 642 g/mol. The van der Waals surface area contributed by atoms with E-state index in [4.69, 9.17) is 16.3 Å². The number of anilines is 1. The minimum absolute atomic E-state index is 0.0671. The lowest BCUT2D eigenvalue weighted by Crippen LogP contribution is -2.49. The molecule has 8 heteroatoms. The molecule has 1 saturated heterocycles. The molecule has 6 rings (SSSR count). The first-order valence-electron chi connectivity index (χ1n) is 13.7. The van der Waals surface area contributed by atoms with Crippen LogP contribution >= 0.6 is 27.5 Å². The van der Waals surface area contributed by atoms with Gasteiger partial charge in [-0.25, -0.2) is 0 Å². The first-order chi connectivity index (χ1) is 20.3. The Hall–Kier alpha value is -3.94. The molecular formula is C34H28BrClN2O4. The Morgan fingerprint density at radius 3 is 2.17 bits per heavy atom. The Kier molecular flexibility index (Phi) is 7.64. The third-order valence-electron chi connectivity index (χ3n) is 8.28. The lowest BCUT2D eigenvalue weighted by molar-refractivity contribution is -0.142. The zero-order chi connectivity index (χ0) is 29.4. The summed E-state index contributed by atoms with van der Waals surface area (Å²) in [4.78, 5) is 45.6. The van der Waals surface area contributed by atoms with Gasteiger partial charge in [0.05, 0.1) is 31.5 Å². The van der Waals surface area contributed by atoms with Crippen LogP contribution in [0.1, 0.15) is 28.7 Å². The SMILES string of the molecule is COc1ccc(CN2C(=O)C[C@H]([C@]3(Cc4ccc(Br)cc4)C(=O)N(Cc4ccccc4)c4ccc(Cl)cc43)C2=O)cc1. The van der Waals surface area contributed by atoms with Crippen LogP contribution in [0.3, 0.4) is 0 Å². The molecule has 212 valence electrons. The number of methoxy groups -OCH3 is 1. The van der Waals surface area contributed by atoms with Crippen LogP contribution < -0.4 is 9.64 Å². The fourth-order valence-electron chi connectivity index (χ4n) is 6.19. The Morgan fingerprint density at radius 2 is 1.48 bits per heavy atom. The van der Waals surface area contributed by atoms with Crippen LogP contribution in [-0.4, -0.2) is 29.7 Å². The molecule has 42 heavy (non-hydrogen) atoms. The second-order valence-corrected chi connectivity index (χ2v) is 12.1. The summed E-state index contributed by atoms with van der Waals surface area (Å²) in [5, 5.41) is 0.468. The molecule has 0 bridgehead atoms. The van der Waals surface area contributed by atoms with Crippen molar-refractivity contribution in [2.24, 2.45) is 5.92 Å². The Balaban J connectivity index is 1.45. The fraction of sp³-hybridized carbons (Fsp3) is 0.206. The van der Waals surface area contributed by atoms with Crippen molar-refractivity contribution in [2.75, 3.05) is 12.0 Å². The molecule has 4 aromatic carbocycles. The number of benzene rings is 4. The number of hydrogen-bond acceptors (Lipinski definition) is 4. The fourth-order valence-corrected chi connectivity index (χ4v) is 6.63. The van der Waals surface area contributed by atoms with E-state index >= 15 is 0 Å². The number of ether oxygens (including phenoxy) is 1. The molecule has 3 amide bonds. The van der Waals surface area contributed by atoms with Crippen LogP contribution in [-0.2, 0) is 39.3 Å². The Bertz CT molecular complexity index is 1660. The van der Waals surface area contributed by atoms with Crippen LogP contribution in [0.5, 0.6) is 5.75 Å². The number of hydrogen-bond donors (Lipinski definition) is 0. The molecule has 1 fully saturated rings. The van der Waals surface area contributed by atoms with E-state index in [0.29, 0.717) is 28.6 Å². The third kappa shape index (κ3) is 5.01. The van der Waals surface area contributed by atoms with E-state index in [1.165, 1.54) is 4.90 Å². The van der Waals surface area contributed by atoms with Gasteiger partial charge in [-0.2, -0.15) is 0 Å². The summed E-state index contributed by atoms with van der Waals surface area (Å²) in [5.41, 5.74) is 2.71. The van der Waals surface area contributed by atoms with Gasteiger partial charge in [-0.05, 0) is 71.1 Å². The minimum atomic E-state index is -1.32.